The lowest BCUT2D eigenvalue weighted by Crippen LogP contribution is -2.50. The Morgan fingerprint density at radius 3 is 2.38 bits per heavy atom. The van der Waals surface area contributed by atoms with Crippen molar-refractivity contribution in [1.29, 1.82) is 5.41 Å². The second-order valence-corrected chi connectivity index (χ2v) is 13.8. The molecule has 4 aromatic rings. The van der Waals surface area contributed by atoms with E-state index in [-0.39, 0.29) is 52.5 Å². The third kappa shape index (κ3) is 9.04. The molecule has 0 bridgehead atoms. The van der Waals surface area contributed by atoms with E-state index >= 15 is 4.39 Å². The highest BCUT2D eigenvalue weighted by Crippen LogP contribution is 2.49. The van der Waals surface area contributed by atoms with Gasteiger partial charge in [0.25, 0.3) is 12.3 Å². The Bertz CT molecular complexity index is 1970. The second-order valence-electron chi connectivity index (χ2n) is 13.4. The molecule has 2 heterocycles. The standard InChI is InChI=1S/C34H34ClF6N9O3/c1-32(2,3)11-14-45-30(42)49(29(51)21-7-5-20(15-23(21)36)27-43-12-4-13-44-27)25(17-53-31(52)48-33(9-10-33)34(39,40)41)19-6-8-22(35)24(16-19)50-28(26(37)38)46-18-47-50/h4-8,12-13,15-16,18,25-26H,9-11,14,17H2,1-3H3,(H2,42,45)(H,48,52)/t25-/m1/s1. The number of rotatable bonds is 11. The fraction of sp³-hybridized carbons (Fsp3) is 0.382. The maximum atomic E-state index is 15.8. The lowest BCUT2D eigenvalue weighted by Gasteiger charge is -2.33. The summed E-state index contributed by atoms with van der Waals surface area (Å²) >= 11 is 6.39. The van der Waals surface area contributed by atoms with Gasteiger partial charge in [-0.2, -0.15) is 18.3 Å². The first kappa shape index (κ1) is 39.0. The maximum absolute atomic E-state index is 15.8. The summed E-state index contributed by atoms with van der Waals surface area (Å²) in [5.74, 6) is -3.38. The molecule has 2 amide bonds. The number of ether oxygens (including phenoxy) is 1. The van der Waals surface area contributed by atoms with Gasteiger partial charge in [-0.05, 0) is 60.6 Å². The summed E-state index contributed by atoms with van der Waals surface area (Å²) in [5.41, 5.74) is -3.19. The Morgan fingerprint density at radius 2 is 1.77 bits per heavy atom. The topological polar surface area (TPSA) is 151 Å². The summed E-state index contributed by atoms with van der Waals surface area (Å²) in [6.45, 7) is 5.07. The van der Waals surface area contributed by atoms with Gasteiger partial charge in [0.1, 0.15) is 24.3 Å². The van der Waals surface area contributed by atoms with Crippen molar-refractivity contribution in [2.45, 2.75) is 64.2 Å². The van der Waals surface area contributed by atoms with Crippen LogP contribution in [0.3, 0.4) is 0 Å². The van der Waals surface area contributed by atoms with Gasteiger partial charge in [0, 0.05) is 24.5 Å². The minimum atomic E-state index is -4.77. The van der Waals surface area contributed by atoms with Gasteiger partial charge >= 0.3 is 12.3 Å². The molecule has 1 aliphatic rings. The van der Waals surface area contributed by atoms with Gasteiger partial charge in [0.2, 0.25) is 0 Å². The number of amides is 2. The van der Waals surface area contributed by atoms with Crippen LogP contribution in [-0.2, 0) is 4.74 Å². The van der Waals surface area contributed by atoms with E-state index in [2.05, 4.69) is 25.4 Å². The molecule has 0 aliphatic heterocycles. The molecule has 1 aliphatic carbocycles. The van der Waals surface area contributed by atoms with Crippen molar-refractivity contribution in [3.05, 3.63) is 89.0 Å². The molecular formula is C34H34ClF6N9O3. The van der Waals surface area contributed by atoms with E-state index in [1.807, 2.05) is 26.1 Å². The van der Waals surface area contributed by atoms with Crippen molar-refractivity contribution in [2.24, 2.45) is 5.41 Å². The summed E-state index contributed by atoms with van der Waals surface area (Å²) < 4.78 is 90.4. The van der Waals surface area contributed by atoms with E-state index in [0.29, 0.717) is 6.42 Å². The van der Waals surface area contributed by atoms with Crippen molar-refractivity contribution in [2.75, 3.05) is 13.2 Å². The zero-order valence-electron chi connectivity index (χ0n) is 28.5. The lowest BCUT2D eigenvalue weighted by molar-refractivity contribution is -0.164. The van der Waals surface area contributed by atoms with E-state index in [4.69, 9.17) is 21.7 Å². The highest BCUT2D eigenvalue weighted by molar-refractivity contribution is 6.32. The molecule has 2 aromatic carbocycles. The summed E-state index contributed by atoms with van der Waals surface area (Å²) in [7, 11) is 0. The first-order valence-corrected chi connectivity index (χ1v) is 16.5. The number of aromatic nitrogens is 5. The number of alkyl halides is 5. The number of nitrogens with one attached hydrogen (secondary N) is 3. The van der Waals surface area contributed by atoms with E-state index < -0.39 is 66.0 Å². The Balaban J connectivity index is 1.59. The minimum absolute atomic E-state index is 0.00434. The summed E-state index contributed by atoms with van der Waals surface area (Å²) in [4.78, 5) is 39.7. The molecule has 282 valence electrons. The van der Waals surface area contributed by atoms with Gasteiger partial charge in [-0.1, -0.05) is 44.5 Å². The van der Waals surface area contributed by atoms with Crippen LogP contribution in [0.15, 0.2) is 61.2 Å². The van der Waals surface area contributed by atoms with Crippen LogP contribution in [0.4, 0.5) is 31.1 Å². The number of carbonyl (C=O) groups excluding carboxylic acids is 2. The number of guanidine groups is 1. The Hall–Kier alpha value is -5.26. The summed E-state index contributed by atoms with van der Waals surface area (Å²) in [6.07, 6.45) is -5.86. The summed E-state index contributed by atoms with van der Waals surface area (Å²) in [5, 5.41) is 17.4. The second kappa shape index (κ2) is 15.4. The van der Waals surface area contributed by atoms with Crippen molar-refractivity contribution in [1.82, 2.24) is 40.3 Å². The molecule has 3 N–H and O–H groups in total. The van der Waals surface area contributed by atoms with Crippen LogP contribution in [0.1, 0.15) is 74.2 Å². The fourth-order valence-electron chi connectivity index (χ4n) is 5.24. The van der Waals surface area contributed by atoms with Crippen molar-refractivity contribution in [3.63, 3.8) is 0 Å². The van der Waals surface area contributed by atoms with Gasteiger partial charge in [0.05, 0.1) is 22.3 Å². The van der Waals surface area contributed by atoms with Crippen LogP contribution in [0.5, 0.6) is 0 Å². The predicted molar refractivity (Wildman–Crippen MR) is 180 cm³/mol. The van der Waals surface area contributed by atoms with Crippen LogP contribution in [-0.4, -0.2) is 72.5 Å². The van der Waals surface area contributed by atoms with Gasteiger partial charge < -0.3 is 15.4 Å². The summed E-state index contributed by atoms with van der Waals surface area (Å²) in [6, 6.07) is 7.31. The zero-order valence-corrected chi connectivity index (χ0v) is 29.3. The molecule has 5 rings (SSSR count). The molecule has 2 aromatic heterocycles. The third-order valence-electron chi connectivity index (χ3n) is 8.32. The minimum Gasteiger partial charge on any atom is -0.447 e. The lowest BCUT2D eigenvalue weighted by atomic mass is 9.92. The number of alkyl carbamates (subject to hydrolysis) is 1. The monoisotopic (exact) mass is 765 g/mol. The molecule has 1 saturated carbocycles. The first-order chi connectivity index (χ1) is 24.9. The number of nitrogens with zero attached hydrogens (tertiary/aromatic N) is 6. The molecule has 0 saturated heterocycles. The van der Waals surface area contributed by atoms with Crippen molar-refractivity contribution < 1.29 is 40.7 Å². The molecule has 0 spiro atoms. The molecule has 1 fully saturated rings. The predicted octanol–water partition coefficient (Wildman–Crippen LogP) is 7.42. The Morgan fingerprint density at radius 1 is 1.08 bits per heavy atom. The number of carbonyl (C=O) groups is 2. The molecule has 53 heavy (non-hydrogen) atoms. The van der Waals surface area contributed by atoms with Gasteiger partial charge in [0.15, 0.2) is 17.6 Å². The van der Waals surface area contributed by atoms with Crippen molar-refractivity contribution >= 4 is 29.6 Å². The van der Waals surface area contributed by atoms with Crippen molar-refractivity contribution in [3.8, 4) is 17.1 Å². The normalized spacial score (nSPS) is 14.4. The van der Waals surface area contributed by atoms with Crippen LogP contribution in [0, 0.1) is 16.6 Å². The molecule has 0 radical (unpaired) electrons. The van der Waals surface area contributed by atoms with Crippen LogP contribution in [0.25, 0.3) is 17.1 Å². The fourth-order valence-corrected chi connectivity index (χ4v) is 5.44. The van der Waals surface area contributed by atoms with Crippen LogP contribution < -0.4 is 10.6 Å². The molecule has 1 atom stereocenters. The molecule has 19 heteroatoms. The molecular weight excluding hydrogens is 732 g/mol. The van der Waals surface area contributed by atoms with E-state index in [9.17, 15) is 31.5 Å². The zero-order chi connectivity index (χ0) is 38.7. The average molecular weight is 766 g/mol. The Kier molecular flexibility index (Phi) is 11.3. The van der Waals surface area contributed by atoms with E-state index in [0.717, 1.165) is 28.0 Å². The number of benzene rings is 2. The number of hydrogen-bond donors (Lipinski definition) is 3. The quantitative estimate of drug-likeness (QED) is 0.0811. The van der Waals surface area contributed by atoms with E-state index in [1.165, 1.54) is 36.7 Å². The smallest absolute Gasteiger partial charge is 0.411 e. The SMILES string of the molecule is CC(C)(C)CCNC(=N)N(C(=O)c1ccc(-c2ncccn2)cc1F)[C@H](COC(=O)NC1(C(F)(F)F)CC1)c1ccc(Cl)c(-n2ncnc2C(F)F)c1. The number of halogens is 7. The van der Waals surface area contributed by atoms with Gasteiger partial charge in [-0.25, -0.2) is 37.6 Å². The highest BCUT2D eigenvalue weighted by atomic mass is 35.5. The number of hydrogen-bond acceptors (Lipinski definition) is 8. The largest absolute Gasteiger partial charge is 0.447 e. The average Bonchev–Trinajstić information content (AvgIpc) is 3.72. The first-order valence-electron chi connectivity index (χ1n) is 16.1. The molecule has 12 nitrogen and oxygen atoms in total. The van der Waals surface area contributed by atoms with Crippen LogP contribution in [0.2, 0.25) is 5.02 Å². The Labute approximate surface area is 304 Å². The highest BCUT2D eigenvalue weighted by Gasteiger charge is 2.64. The molecule has 0 unspecified atom stereocenters. The van der Waals surface area contributed by atoms with Gasteiger partial charge in [-0.15, -0.1) is 0 Å². The van der Waals surface area contributed by atoms with Crippen LogP contribution >= 0.6 is 11.6 Å². The maximum Gasteiger partial charge on any atom is 0.411 e. The van der Waals surface area contributed by atoms with E-state index in [1.54, 1.807) is 6.07 Å². The van der Waals surface area contributed by atoms with Gasteiger partial charge in [-0.3, -0.25) is 15.1 Å². The third-order valence-corrected chi connectivity index (χ3v) is 8.64.